The van der Waals surface area contributed by atoms with Gasteiger partial charge in [0.2, 0.25) is 0 Å². The summed E-state index contributed by atoms with van der Waals surface area (Å²) >= 11 is 1.82. The van der Waals surface area contributed by atoms with Crippen LogP contribution in [0.5, 0.6) is 0 Å². The fraction of sp³-hybridized carbons (Fsp3) is 0.400. The first-order chi connectivity index (χ1) is 6.54. The predicted molar refractivity (Wildman–Crippen MR) is 62.7 cm³/mol. The molecule has 0 atom stereocenters. The van der Waals surface area contributed by atoms with Crippen LogP contribution < -0.4 is 5.32 Å². The third-order valence-corrected chi connectivity index (χ3v) is 3.31. The van der Waals surface area contributed by atoms with Gasteiger partial charge in [0.1, 0.15) is 0 Å². The molecule has 1 N–H and O–H groups in total. The molecule has 1 nitrogen and oxygen atoms in total. The summed E-state index contributed by atoms with van der Waals surface area (Å²) in [5.74, 6) is -1.49. The molecular formula is C10H12F2IN. The molecule has 0 aliphatic rings. The van der Waals surface area contributed by atoms with Crippen LogP contribution in [0.25, 0.3) is 0 Å². The van der Waals surface area contributed by atoms with Crippen LogP contribution in [0.15, 0.2) is 0 Å². The third-order valence-electron chi connectivity index (χ3n) is 2.29. The third kappa shape index (κ3) is 1.71. The summed E-state index contributed by atoms with van der Waals surface area (Å²) in [4.78, 5) is 0. The Morgan fingerprint density at radius 3 is 2.29 bits per heavy atom. The van der Waals surface area contributed by atoms with Crippen LogP contribution in [0.3, 0.4) is 0 Å². The standard InChI is InChI=1S/C10H12F2IN/c1-4-6-5(2)7(11)8(12)9(13)10(6)14-3/h14H,4H2,1-3H3. The Balaban J connectivity index is 3.57. The van der Waals surface area contributed by atoms with E-state index in [0.717, 1.165) is 5.56 Å². The highest BCUT2D eigenvalue weighted by atomic mass is 127. The van der Waals surface area contributed by atoms with Crippen LogP contribution >= 0.6 is 22.6 Å². The number of halogens is 3. The molecule has 0 amide bonds. The van der Waals surface area contributed by atoms with Crippen molar-refractivity contribution < 1.29 is 8.78 Å². The topological polar surface area (TPSA) is 12.0 Å². The van der Waals surface area contributed by atoms with Gasteiger partial charge in [-0.3, -0.25) is 0 Å². The van der Waals surface area contributed by atoms with E-state index in [1.54, 1.807) is 14.0 Å². The molecule has 0 saturated heterocycles. The van der Waals surface area contributed by atoms with Crippen molar-refractivity contribution in [1.82, 2.24) is 0 Å². The highest BCUT2D eigenvalue weighted by molar-refractivity contribution is 14.1. The van der Waals surface area contributed by atoms with Crippen molar-refractivity contribution in [3.63, 3.8) is 0 Å². The van der Waals surface area contributed by atoms with Gasteiger partial charge in [0.25, 0.3) is 0 Å². The lowest BCUT2D eigenvalue weighted by Crippen LogP contribution is -2.06. The highest BCUT2D eigenvalue weighted by Gasteiger charge is 2.18. The van der Waals surface area contributed by atoms with Crippen molar-refractivity contribution >= 4 is 28.3 Å². The molecule has 0 spiro atoms. The summed E-state index contributed by atoms with van der Waals surface area (Å²) in [5.41, 5.74) is 1.94. The van der Waals surface area contributed by atoms with E-state index in [-0.39, 0.29) is 0 Å². The van der Waals surface area contributed by atoms with Crippen LogP contribution in [0.4, 0.5) is 14.5 Å². The zero-order valence-corrected chi connectivity index (χ0v) is 10.5. The molecule has 0 heterocycles. The zero-order valence-electron chi connectivity index (χ0n) is 8.34. The van der Waals surface area contributed by atoms with E-state index in [1.807, 2.05) is 29.5 Å². The average Bonchev–Trinajstić information content (AvgIpc) is 2.20. The van der Waals surface area contributed by atoms with Crippen molar-refractivity contribution in [2.24, 2.45) is 0 Å². The van der Waals surface area contributed by atoms with Crippen molar-refractivity contribution in [3.05, 3.63) is 26.3 Å². The van der Waals surface area contributed by atoms with E-state index in [4.69, 9.17) is 0 Å². The number of rotatable bonds is 2. The first-order valence-corrected chi connectivity index (χ1v) is 5.46. The lowest BCUT2D eigenvalue weighted by atomic mass is 10.0. The van der Waals surface area contributed by atoms with Gasteiger partial charge >= 0.3 is 0 Å². The lowest BCUT2D eigenvalue weighted by molar-refractivity contribution is 0.497. The Morgan fingerprint density at radius 1 is 1.29 bits per heavy atom. The van der Waals surface area contributed by atoms with Gasteiger partial charge in [-0.1, -0.05) is 6.92 Å². The van der Waals surface area contributed by atoms with Gasteiger partial charge in [0.05, 0.1) is 9.26 Å². The highest BCUT2D eigenvalue weighted by Crippen LogP contribution is 2.31. The molecule has 4 heteroatoms. The maximum atomic E-state index is 13.3. The quantitative estimate of drug-likeness (QED) is 0.651. The zero-order chi connectivity index (χ0) is 10.9. The number of anilines is 1. The summed E-state index contributed by atoms with van der Waals surface area (Å²) in [5, 5.41) is 2.91. The van der Waals surface area contributed by atoms with Crippen LogP contribution in [0.2, 0.25) is 0 Å². The van der Waals surface area contributed by atoms with Gasteiger partial charge in [-0.25, -0.2) is 8.78 Å². The first kappa shape index (κ1) is 11.7. The van der Waals surface area contributed by atoms with Gasteiger partial charge in [0, 0.05) is 7.05 Å². The SMILES string of the molecule is CCc1c(C)c(F)c(F)c(I)c1NC. The van der Waals surface area contributed by atoms with E-state index in [0.29, 0.717) is 21.2 Å². The second-order valence-corrected chi connectivity index (χ2v) is 4.10. The van der Waals surface area contributed by atoms with Gasteiger partial charge in [-0.2, -0.15) is 0 Å². The molecule has 0 aliphatic heterocycles. The largest absolute Gasteiger partial charge is 0.387 e. The van der Waals surface area contributed by atoms with Crippen molar-refractivity contribution in [1.29, 1.82) is 0 Å². The second kappa shape index (κ2) is 4.42. The van der Waals surface area contributed by atoms with E-state index >= 15 is 0 Å². The van der Waals surface area contributed by atoms with E-state index in [1.165, 1.54) is 0 Å². The summed E-state index contributed by atoms with van der Waals surface area (Å²) in [6.45, 7) is 3.53. The van der Waals surface area contributed by atoms with Crippen molar-refractivity contribution in [2.45, 2.75) is 20.3 Å². The minimum absolute atomic E-state index is 0.324. The summed E-state index contributed by atoms with van der Waals surface area (Å²) in [6.07, 6.45) is 0.690. The monoisotopic (exact) mass is 311 g/mol. The van der Waals surface area contributed by atoms with Crippen molar-refractivity contribution in [3.8, 4) is 0 Å². The van der Waals surface area contributed by atoms with Crippen molar-refractivity contribution in [2.75, 3.05) is 12.4 Å². The first-order valence-electron chi connectivity index (χ1n) is 4.38. The van der Waals surface area contributed by atoms with Gasteiger partial charge in [-0.05, 0) is 47.1 Å². The molecule has 1 aromatic rings. The number of hydrogen-bond acceptors (Lipinski definition) is 1. The van der Waals surface area contributed by atoms with E-state index in [2.05, 4.69) is 5.32 Å². The maximum absolute atomic E-state index is 13.3. The van der Waals surface area contributed by atoms with Crippen LogP contribution in [-0.4, -0.2) is 7.05 Å². The smallest absolute Gasteiger partial charge is 0.174 e. The molecule has 0 fully saturated rings. The van der Waals surface area contributed by atoms with Crippen LogP contribution in [-0.2, 0) is 6.42 Å². The Kier molecular flexibility index (Phi) is 3.69. The summed E-state index contributed by atoms with van der Waals surface area (Å²) in [7, 11) is 1.72. The number of benzene rings is 1. The molecule has 0 saturated carbocycles. The number of hydrogen-bond donors (Lipinski definition) is 1. The Bertz CT molecular complexity index is 329. The molecule has 1 rings (SSSR count). The van der Waals surface area contributed by atoms with Gasteiger partial charge in [0.15, 0.2) is 11.6 Å². The molecule has 14 heavy (non-hydrogen) atoms. The Morgan fingerprint density at radius 2 is 1.86 bits per heavy atom. The fourth-order valence-corrected chi connectivity index (χ4v) is 2.36. The molecule has 0 bridgehead atoms. The minimum atomic E-state index is -0.760. The molecule has 0 aromatic heterocycles. The predicted octanol–water partition coefficient (Wildman–Crippen LogP) is 3.48. The van der Waals surface area contributed by atoms with E-state index < -0.39 is 11.6 Å². The summed E-state index contributed by atoms with van der Waals surface area (Å²) < 4.78 is 27.0. The molecule has 1 aromatic carbocycles. The lowest BCUT2D eigenvalue weighted by Gasteiger charge is -2.14. The maximum Gasteiger partial charge on any atom is 0.174 e. The fourth-order valence-electron chi connectivity index (χ4n) is 1.53. The van der Waals surface area contributed by atoms with Gasteiger partial charge < -0.3 is 5.32 Å². The van der Waals surface area contributed by atoms with Crippen LogP contribution in [0.1, 0.15) is 18.1 Å². The number of nitrogens with one attached hydrogen (secondary N) is 1. The molecule has 78 valence electrons. The molecule has 0 unspecified atom stereocenters. The average molecular weight is 311 g/mol. The normalized spacial score (nSPS) is 10.4. The Labute approximate surface area is 96.0 Å². The summed E-state index contributed by atoms with van der Waals surface area (Å²) in [6, 6.07) is 0. The minimum Gasteiger partial charge on any atom is -0.387 e. The molecule has 0 radical (unpaired) electrons. The second-order valence-electron chi connectivity index (χ2n) is 3.02. The molecular weight excluding hydrogens is 299 g/mol. The van der Waals surface area contributed by atoms with Crippen LogP contribution in [0, 0.1) is 22.1 Å². The molecule has 0 aliphatic carbocycles. The van der Waals surface area contributed by atoms with E-state index in [9.17, 15) is 8.78 Å². The van der Waals surface area contributed by atoms with Gasteiger partial charge in [-0.15, -0.1) is 0 Å². The Hall–Kier alpha value is -0.390.